The fourth-order valence-corrected chi connectivity index (χ4v) is 2.24. The van der Waals surface area contributed by atoms with Gasteiger partial charge in [0.15, 0.2) is 0 Å². The van der Waals surface area contributed by atoms with E-state index in [1.54, 1.807) is 6.92 Å². The first-order chi connectivity index (χ1) is 8.90. The monoisotopic (exact) mass is 264 g/mol. The highest BCUT2D eigenvalue weighted by Gasteiger charge is 2.26. The summed E-state index contributed by atoms with van der Waals surface area (Å²) in [5.74, 6) is 0.858. The number of aryl methyl sites for hydroxylation is 1. The molecule has 0 radical (unpaired) electrons. The predicted octanol–water partition coefficient (Wildman–Crippen LogP) is 2.84. The Kier molecular flexibility index (Phi) is 4.16. The number of aliphatic hydroxyl groups is 2. The van der Waals surface area contributed by atoms with E-state index >= 15 is 0 Å². The average molecular weight is 264 g/mol. The highest BCUT2D eigenvalue weighted by Crippen LogP contribution is 2.32. The number of fused-ring (bicyclic) bond motifs is 1. The van der Waals surface area contributed by atoms with Gasteiger partial charge in [0.1, 0.15) is 12.4 Å². The van der Waals surface area contributed by atoms with Crippen LogP contribution in [0.2, 0.25) is 0 Å². The first-order valence-electron chi connectivity index (χ1n) is 7.06. The van der Waals surface area contributed by atoms with E-state index in [4.69, 9.17) is 4.74 Å². The Labute approximate surface area is 115 Å². The third-order valence-corrected chi connectivity index (χ3v) is 4.17. The van der Waals surface area contributed by atoms with Gasteiger partial charge in [0.05, 0.1) is 11.7 Å². The van der Waals surface area contributed by atoms with Gasteiger partial charge < -0.3 is 14.9 Å². The Bertz CT molecular complexity index is 438. The second kappa shape index (κ2) is 5.51. The lowest BCUT2D eigenvalue weighted by Crippen LogP contribution is -2.37. The van der Waals surface area contributed by atoms with Crippen LogP contribution in [0.5, 0.6) is 5.75 Å². The van der Waals surface area contributed by atoms with Crippen LogP contribution in [0.3, 0.4) is 0 Å². The summed E-state index contributed by atoms with van der Waals surface area (Å²) in [5, 5.41) is 20.2. The van der Waals surface area contributed by atoms with E-state index in [1.807, 2.05) is 32.0 Å². The average Bonchev–Trinajstić information content (AvgIpc) is 2.37. The van der Waals surface area contributed by atoms with Crippen LogP contribution >= 0.6 is 0 Å². The Hall–Kier alpha value is -1.06. The van der Waals surface area contributed by atoms with E-state index in [0.29, 0.717) is 0 Å². The molecule has 0 aliphatic heterocycles. The van der Waals surface area contributed by atoms with Gasteiger partial charge >= 0.3 is 0 Å². The first-order valence-corrected chi connectivity index (χ1v) is 7.06. The SMILES string of the molecule is CC(C)C(C)(O)COc1ccc2c(c1)[C@@H](O)CCC2. The van der Waals surface area contributed by atoms with Crippen molar-refractivity contribution in [1.82, 2.24) is 0 Å². The molecule has 19 heavy (non-hydrogen) atoms. The number of benzene rings is 1. The van der Waals surface area contributed by atoms with Crippen molar-refractivity contribution >= 4 is 0 Å². The van der Waals surface area contributed by atoms with Crippen LogP contribution in [0, 0.1) is 5.92 Å². The molecule has 0 aromatic heterocycles. The van der Waals surface area contributed by atoms with Crippen molar-refractivity contribution in [3.8, 4) is 5.75 Å². The summed E-state index contributed by atoms with van der Waals surface area (Å²) in [6, 6.07) is 5.86. The molecule has 0 heterocycles. The molecule has 2 N–H and O–H groups in total. The lowest BCUT2D eigenvalue weighted by atomic mass is 9.89. The van der Waals surface area contributed by atoms with Gasteiger partial charge in [-0.05, 0) is 55.4 Å². The highest BCUT2D eigenvalue weighted by molar-refractivity contribution is 5.38. The molecule has 2 rings (SSSR count). The van der Waals surface area contributed by atoms with Gasteiger partial charge in [-0.1, -0.05) is 19.9 Å². The first kappa shape index (κ1) is 14.4. The van der Waals surface area contributed by atoms with Gasteiger partial charge in [-0.25, -0.2) is 0 Å². The van der Waals surface area contributed by atoms with Gasteiger partial charge in [0.2, 0.25) is 0 Å². The molecule has 3 nitrogen and oxygen atoms in total. The molecule has 0 spiro atoms. The molecule has 0 saturated heterocycles. The minimum atomic E-state index is -0.839. The van der Waals surface area contributed by atoms with Crippen LogP contribution in [0.25, 0.3) is 0 Å². The lowest BCUT2D eigenvalue weighted by Gasteiger charge is -2.28. The van der Waals surface area contributed by atoms with Crippen LogP contribution in [0.1, 0.15) is 50.8 Å². The summed E-state index contributed by atoms with van der Waals surface area (Å²) < 4.78 is 5.69. The van der Waals surface area contributed by atoms with E-state index in [0.717, 1.165) is 30.6 Å². The summed E-state index contributed by atoms with van der Waals surface area (Å²) in [4.78, 5) is 0. The quantitative estimate of drug-likeness (QED) is 0.879. The number of rotatable bonds is 4. The molecule has 3 heteroatoms. The van der Waals surface area contributed by atoms with Crippen LogP contribution in [0.15, 0.2) is 18.2 Å². The van der Waals surface area contributed by atoms with Gasteiger partial charge in [-0.15, -0.1) is 0 Å². The molecular formula is C16H24O3. The van der Waals surface area contributed by atoms with Crippen LogP contribution < -0.4 is 4.74 Å². The Balaban J connectivity index is 2.08. The maximum atomic E-state index is 10.2. The van der Waals surface area contributed by atoms with E-state index in [-0.39, 0.29) is 18.6 Å². The number of hydrogen-bond acceptors (Lipinski definition) is 3. The number of hydrogen-bond donors (Lipinski definition) is 2. The van der Waals surface area contributed by atoms with Gasteiger partial charge in [0.25, 0.3) is 0 Å². The molecule has 1 aliphatic rings. The molecule has 2 atom stereocenters. The minimum absolute atomic E-state index is 0.135. The van der Waals surface area contributed by atoms with Crippen LogP contribution in [-0.2, 0) is 6.42 Å². The van der Waals surface area contributed by atoms with Gasteiger partial charge in [-0.3, -0.25) is 0 Å². The molecule has 1 unspecified atom stereocenters. The molecule has 0 amide bonds. The smallest absolute Gasteiger partial charge is 0.119 e. The van der Waals surface area contributed by atoms with E-state index in [9.17, 15) is 10.2 Å². The largest absolute Gasteiger partial charge is 0.491 e. The molecule has 1 aromatic rings. The zero-order valence-corrected chi connectivity index (χ0v) is 12.0. The highest BCUT2D eigenvalue weighted by atomic mass is 16.5. The second-order valence-electron chi connectivity index (χ2n) is 6.07. The summed E-state index contributed by atoms with van der Waals surface area (Å²) in [6.45, 7) is 5.99. The van der Waals surface area contributed by atoms with Crippen molar-refractivity contribution in [1.29, 1.82) is 0 Å². The van der Waals surface area contributed by atoms with Crippen molar-refractivity contribution in [2.45, 2.75) is 51.7 Å². The molecular weight excluding hydrogens is 240 g/mol. The third kappa shape index (κ3) is 3.28. The fraction of sp³-hybridized carbons (Fsp3) is 0.625. The van der Waals surface area contributed by atoms with Crippen molar-refractivity contribution in [3.05, 3.63) is 29.3 Å². The zero-order chi connectivity index (χ0) is 14.0. The van der Waals surface area contributed by atoms with Crippen molar-refractivity contribution in [3.63, 3.8) is 0 Å². The second-order valence-corrected chi connectivity index (χ2v) is 6.07. The van der Waals surface area contributed by atoms with E-state index in [2.05, 4.69) is 0 Å². The van der Waals surface area contributed by atoms with Crippen LogP contribution in [0.4, 0.5) is 0 Å². The number of aliphatic hydroxyl groups excluding tert-OH is 1. The van der Waals surface area contributed by atoms with Crippen molar-refractivity contribution < 1.29 is 14.9 Å². The third-order valence-electron chi connectivity index (χ3n) is 4.17. The van der Waals surface area contributed by atoms with Crippen molar-refractivity contribution in [2.24, 2.45) is 5.92 Å². The zero-order valence-electron chi connectivity index (χ0n) is 12.0. The van der Waals surface area contributed by atoms with Gasteiger partial charge in [0, 0.05) is 0 Å². The van der Waals surface area contributed by atoms with Crippen LogP contribution in [-0.4, -0.2) is 22.4 Å². The van der Waals surface area contributed by atoms with E-state index < -0.39 is 5.60 Å². The Morgan fingerprint density at radius 1 is 1.42 bits per heavy atom. The summed E-state index contributed by atoms with van der Waals surface area (Å²) in [7, 11) is 0. The fourth-order valence-electron chi connectivity index (χ4n) is 2.24. The minimum Gasteiger partial charge on any atom is -0.491 e. The Morgan fingerprint density at radius 3 is 2.84 bits per heavy atom. The maximum Gasteiger partial charge on any atom is 0.119 e. The standard InChI is InChI=1S/C16H24O3/c1-11(2)16(3,18)10-19-13-8-7-12-5-4-6-15(17)14(12)9-13/h7-9,11,15,17-18H,4-6,10H2,1-3H3/t15-,16?/m0/s1. The maximum absolute atomic E-state index is 10.2. The Morgan fingerprint density at radius 2 is 2.16 bits per heavy atom. The molecule has 106 valence electrons. The molecule has 1 aromatic carbocycles. The lowest BCUT2D eigenvalue weighted by molar-refractivity contribution is -0.0267. The van der Waals surface area contributed by atoms with E-state index in [1.165, 1.54) is 5.56 Å². The summed E-state index contributed by atoms with van der Waals surface area (Å²) >= 11 is 0. The topological polar surface area (TPSA) is 49.7 Å². The normalized spacial score (nSPS) is 21.9. The molecule has 0 bridgehead atoms. The molecule has 0 saturated carbocycles. The molecule has 0 fully saturated rings. The number of ether oxygens (including phenoxy) is 1. The van der Waals surface area contributed by atoms with Gasteiger partial charge in [-0.2, -0.15) is 0 Å². The summed E-state index contributed by atoms with van der Waals surface area (Å²) in [6.07, 6.45) is 2.50. The summed E-state index contributed by atoms with van der Waals surface area (Å²) in [5.41, 5.74) is 1.35. The predicted molar refractivity (Wildman–Crippen MR) is 75.3 cm³/mol. The molecule has 1 aliphatic carbocycles. The van der Waals surface area contributed by atoms with Crippen molar-refractivity contribution in [2.75, 3.05) is 6.61 Å².